The quantitative estimate of drug-likeness (QED) is 0.538. The second-order valence-corrected chi connectivity index (χ2v) is 7.25. The molecule has 0 spiro atoms. The first-order chi connectivity index (χ1) is 11.8. The molecule has 0 bridgehead atoms. The Morgan fingerprint density at radius 1 is 1.25 bits per heavy atom. The molecule has 0 radical (unpaired) electrons. The summed E-state index contributed by atoms with van der Waals surface area (Å²) in [6.07, 6.45) is 3.34. The summed E-state index contributed by atoms with van der Waals surface area (Å²) in [6.45, 7) is 4.66. The first-order valence-corrected chi connectivity index (χ1v) is 10.0. The van der Waals surface area contributed by atoms with Gasteiger partial charge in [0.1, 0.15) is 5.82 Å². The second kappa shape index (κ2) is 9.77. The van der Waals surface area contributed by atoms with Crippen LogP contribution in [0.5, 0.6) is 0 Å². The number of halogens is 1. The SMILES string of the molecule is Clc1nc(CSCCOC2CCCCO2)cc(N2CCOCC2)n1. The lowest BCUT2D eigenvalue weighted by Gasteiger charge is -2.28. The minimum Gasteiger partial charge on any atom is -0.378 e. The lowest BCUT2D eigenvalue weighted by molar-refractivity contribution is -0.158. The van der Waals surface area contributed by atoms with Gasteiger partial charge in [0.2, 0.25) is 5.28 Å². The molecule has 8 heteroatoms. The van der Waals surface area contributed by atoms with E-state index in [9.17, 15) is 0 Å². The monoisotopic (exact) mass is 373 g/mol. The molecule has 0 amide bonds. The molecule has 0 N–H and O–H groups in total. The van der Waals surface area contributed by atoms with Gasteiger partial charge in [0, 0.05) is 37.3 Å². The summed E-state index contributed by atoms with van der Waals surface area (Å²) < 4.78 is 16.7. The van der Waals surface area contributed by atoms with Gasteiger partial charge in [0.05, 0.1) is 25.5 Å². The number of anilines is 1. The molecular weight excluding hydrogens is 350 g/mol. The lowest BCUT2D eigenvalue weighted by atomic mass is 10.2. The van der Waals surface area contributed by atoms with Crippen molar-refractivity contribution in [3.05, 3.63) is 17.0 Å². The molecule has 1 unspecified atom stereocenters. The molecule has 1 aromatic rings. The van der Waals surface area contributed by atoms with Gasteiger partial charge in [-0.1, -0.05) is 0 Å². The molecule has 3 rings (SSSR count). The average molecular weight is 374 g/mol. The molecule has 24 heavy (non-hydrogen) atoms. The zero-order valence-electron chi connectivity index (χ0n) is 13.8. The van der Waals surface area contributed by atoms with Gasteiger partial charge in [-0.3, -0.25) is 0 Å². The molecular formula is C16H24ClN3O3S. The number of hydrogen-bond donors (Lipinski definition) is 0. The molecule has 2 fully saturated rings. The third-order valence-electron chi connectivity index (χ3n) is 3.99. The molecule has 1 aromatic heterocycles. The van der Waals surface area contributed by atoms with Crippen molar-refractivity contribution in [1.29, 1.82) is 0 Å². The fraction of sp³-hybridized carbons (Fsp3) is 0.750. The molecule has 2 aliphatic rings. The van der Waals surface area contributed by atoms with E-state index in [1.807, 2.05) is 6.07 Å². The molecule has 2 aliphatic heterocycles. The molecule has 0 aromatic carbocycles. The van der Waals surface area contributed by atoms with Crippen molar-refractivity contribution in [2.45, 2.75) is 31.3 Å². The topological polar surface area (TPSA) is 56.7 Å². The second-order valence-electron chi connectivity index (χ2n) is 5.81. The number of nitrogens with zero attached hydrogens (tertiary/aromatic N) is 3. The van der Waals surface area contributed by atoms with Crippen LogP contribution < -0.4 is 4.90 Å². The molecule has 1 atom stereocenters. The van der Waals surface area contributed by atoms with Crippen molar-refractivity contribution in [3.8, 4) is 0 Å². The Kier molecular flexibility index (Phi) is 7.41. The highest BCUT2D eigenvalue weighted by molar-refractivity contribution is 7.98. The summed E-state index contributed by atoms with van der Waals surface area (Å²) in [5, 5.41) is 0.307. The highest BCUT2D eigenvalue weighted by atomic mass is 35.5. The van der Waals surface area contributed by atoms with Crippen LogP contribution in [0.25, 0.3) is 0 Å². The number of hydrogen-bond acceptors (Lipinski definition) is 7. The maximum atomic E-state index is 6.08. The van der Waals surface area contributed by atoms with Crippen LogP contribution in [0, 0.1) is 0 Å². The Morgan fingerprint density at radius 2 is 2.12 bits per heavy atom. The smallest absolute Gasteiger partial charge is 0.224 e. The predicted octanol–water partition coefficient (Wildman–Crippen LogP) is 2.74. The molecule has 3 heterocycles. The van der Waals surface area contributed by atoms with Crippen LogP contribution >= 0.6 is 23.4 Å². The third kappa shape index (κ3) is 5.74. The summed E-state index contributed by atoms with van der Waals surface area (Å²) in [7, 11) is 0. The van der Waals surface area contributed by atoms with Gasteiger partial charge in [-0.05, 0) is 30.9 Å². The van der Waals surface area contributed by atoms with Crippen LogP contribution in [-0.4, -0.2) is 61.5 Å². The van der Waals surface area contributed by atoms with E-state index in [4.69, 9.17) is 25.8 Å². The summed E-state index contributed by atoms with van der Waals surface area (Å²) in [5.41, 5.74) is 0.954. The van der Waals surface area contributed by atoms with E-state index >= 15 is 0 Å². The van der Waals surface area contributed by atoms with Gasteiger partial charge in [0.15, 0.2) is 6.29 Å². The van der Waals surface area contributed by atoms with E-state index in [1.54, 1.807) is 11.8 Å². The van der Waals surface area contributed by atoms with Crippen molar-refractivity contribution >= 4 is 29.2 Å². The minimum atomic E-state index is -0.0132. The zero-order chi connectivity index (χ0) is 16.6. The summed E-state index contributed by atoms with van der Waals surface area (Å²) in [6, 6.07) is 2.02. The van der Waals surface area contributed by atoms with Gasteiger partial charge in [-0.2, -0.15) is 11.8 Å². The molecule has 0 aliphatic carbocycles. The normalized spacial score (nSPS) is 21.9. The molecule has 2 saturated heterocycles. The van der Waals surface area contributed by atoms with Crippen LogP contribution in [0.1, 0.15) is 25.0 Å². The fourth-order valence-corrected chi connectivity index (χ4v) is 3.65. The van der Waals surface area contributed by atoms with Crippen LogP contribution in [-0.2, 0) is 20.0 Å². The van der Waals surface area contributed by atoms with Crippen molar-refractivity contribution in [2.75, 3.05) is 50.2 Å². The largest absolute Gasteiger partial charge is 0.378 e. The maximum Gasteiger partial charge on any atom is 0.224 e. The van der Waals surface area contributed by atoms with Gasteiger partial charge < -0.3 is 19.1 Å². The highest BCUT2D eigenvalue weighted by Crippen LogP contribution is 2.20. The van der Waals surface area contributed by atoms with Crippen LogP contribution in [0.2, 0.25) is 5.28 Å². The lowest BCUT2D eigenvalue weighted by Crippen LogP contribution is -2.36. The standard InChI is InChI=1S/C16H24ClN3O3S/c17-16-18-13(11-14(19-16)20-4-7-21-8-5-20)12-24-10-9-23-15-3-1-2-6-22-15/h11,15H,1-10,12H2. The van der Waals surface area contributed by atoms with Gasteiger partial charge in [0.25, 0.3) is 0 Å². The van der Waals surface area contributed by atoms with Gasteiger partial charge in [-0.15, -0.1) is 0 Å². The molecule has 0 saturated carbocycles. The Bertz CT molecular complexity index is 511. The number of rotatable bonds is 7. The van der Waals surface area contributed by atoms with Crippen LogP contribution in [0.15, 0.2) is 6.07 Å². The van der Waals surface area contributed by atoms with Gasteiger partial charge >= 0.3 is 0 Å². The van der Waals surface area contributed by atoms with E-state index in [0.717, 1.165) is 68.8 Å². The predicted molar refractivity (Wildman–Crippen MR) is 95.8 cm³/mol. The minimum absolute atomic E-state index is 0.0132. The zero-order valence-corrected chi connectivity index (χ0v) is 15.4. The number of morpholine rings is 1. The van der Waals surface area contributed by atoms with Crippen LogP contribution in [0.3, 0.4) is 0 Å². The first-order valence-electron chi connectivity index (χ1n) is 8.48. The Hall–Kier alpha value is -0.600. The fourth-order valence-electron chi connectivity index (χ4n) is 2.74. The van der Waals surface area contributed by atoms with E-state index < -0.39 is 0 Å². The molecule has 134 valence electrons. The number of thioether (sulfide) groups is 1. The van der Waals surface area contributed by atoms with Crippen LogP contribution in [0.4, 0.5) is 5.82 Å². The maximum absolute atomic E-state index is 6.08. The van der Waals surface area contributed by atoms with Gasteiger partial charge in [-0.25, -0.2) is 9.97 Å². The Labute approximate surface area is 152 Å². The number of aromatic nitrogens is 2. The molecule has 6 nitrogen and oxygen atoms in total. The summed E-state index contributed by atoms with van der Waals surface area (Å²) in [5.74, 6) is 2.60. The van der Waals surface area contributed by atoms with E-state index in [0.29, 0.717) is 11.9 Å². The Morgan fingerprint density at radius 3 is 2.92 bits per heavy atom. The van der Waals surface area contributed by atoms with Crippen molar-refractivity contribution in [2.24, 2.45) is 0 Å². The first kappa shape index (κ1) is 18.2. The van der Waals surface area contributed by atoms with E-state index in [-0.39, 0.29) is 6.29 Å². The van der Waals surface area contributed by atoms with Crippen molar-refractivity contribution in [3.63, 3.8) is 0 Å². The van der Waals surface area contributed by atoms with E-state index in [1.165, 1.54) is 6.42 Å². The average Bonchev–Trinajstić information content (AvgIpc) is 2.63. The van der Waals surface area contributed by atoms with E-state index in [2.05, 4.69) is 14.9 Å². The Balaban J connectivity index is 1.42. The highest BCUT2D eigenvalue weighted by Gasteiger charge is 2.15. The third-order valence-corrected chi connectivity index (χ3v) is 5.12. The van der Waals surface area contributed by atoms with Crippen molar-refractivity contribution < 1.29 is 14.2 Å². The summed E-state index contributed by atoms with van der Waals surface area (Å²) >= 11 is 7.87. The summed E-state index contributed by atoms with van der Waals surface area (Å²) in [4.78, 5) is 10.9. The number of ether oxygens (including phenoxy) is 3. The van der Waals surface area contributed by atoms with Crippen molar-refractivity contribution in [1.82, 2.24) is 9.97 Å².